The molecule has 1 aliphatic rings. The fourth-order valence-corrected chi connectivity index (χ4v) is 3.07. The number of halogens is 2. The van der Waals surface area contributed by atoms with Crippen molar-refractivity contribution in [2.75, 3.05) is 33.8 Å². The van der Waals surface area contributed by atoms with E-state index in [-0.39, 0.29) is 12.4 Å². The maximum Gasteiger partial charge on any atom is 0.123 e. The summed E-state index contributed by atoms with van der Waals surface area (Å²) in [5.74, 6) is 0.908. The average Bonchev–Trinajstić information content (AvgIpc) is 2.75. The fraction of sp³-hybridized carbons (Fsp3) is 0.600. The van der Waals surface area contributed by atoms with Gasteiger partial charge in [0.25, 0.3) is 0 Å². The Morgan fingerprint density at radius 3 is 2.80 bits per heavy atom. The van der Waals surface area contributed by atoms with Gasteiger partial charge in [0.05, 0.1) is 7.11 Å². The Labute approximate surface area is 133 Å². The van der Waals surface area contributed by atoms with Crippen LogP contribution >= 0.6 is 24.0 Å². The van der Waals surface area contributed by atoms with Crippen LogP contribution in [0.15, 0.2) is 18.2 Å². The lowest BCUT2D eigenvalue weighted by Gasteiger charge is -2.29. The monoisotopic (exact) mass is 318 g/mol. The number of ether oxygens (including phenoxy) is 1. The molecule has 0 spiro atoms. The third kappa shape index (κ3) is 4.52. The summed E-state index contributed by atoms with van der Waals surface area (Å²) in [5.41, 5.74) is 1.52. The summed E-state index contributed by atoms with van der Waals surface area (Å²) in [7, 11) is 3.86. The number of rotatable bonds is 5. The summed E-state index contributed by atoms with van der Waals surface area (Å²) in [4.78, 5) is 2.35. The SMILES string of the molecule is COc1ccc(Cl)cc1CN(C)CC1(C)CCNC1.Cl. The smallest absolute Gasteiger partial charge is 0.123 e. The van der Waals surface area contributed by atoms with Crippen molar-refractivity contribution < 1.29 is 4.74 Å². The number of hydrogen-bond donors (Lipinski definition) is 1. The minimum absolute atomic E-state index is 0. The first-order valence-corrected chi connectivity index (χ1v) is 7.12. The van der Waals surface area contributed by atoms with Gasteiger partial charge in [-0.05, 0) is 43.6 Å². The summed E-state index contributed by atoms with van der Waals surface area (Å²) < 4.78 is 5.40. The Kier molecular flexibility index (Phi) is 6.59. The van der Waals surface area contributed by atoms with Gasteiger partial charge >= 0.3 is 0 Å². The molecule has 1 aliphatic heterocycles. The van der Waals surface area contributed by atoms with Crippen LogP contribution in [-0.4, -0.2) is 38.7 Å². The van der Waals surface area contributed by atoms with E-state index >= 15 is 0 Å². The van der Waals surface area contributed by atoms with Gasteiger partial charge in [-0.3, -0.25) is 0 Å². The first kappa shape index (κ1) is 17.6. The molecule has 0 radical (unpaired) electrons. The molecule has 0 aliphatic carbocycles. The van der Waals surface area contributed by atoms with E-state index in [4.69, 9.17) is 16.3 Å². The summed E-state index contributed by atoms with van der Waals surface area (Å²) in [5, 5.41) is 4.20. The molecule has 3 nitrogen and oxygen atoms in total. The lowest BCUT2D eigenvalue weighted by Crippen LogP contribution is -2.34. The second-order valence-electron chi connectivity index (χ2n) is 5.87. The number of methoxy groups -OCH3 is 1. The van der Waals surface area contributed by atoms with Gasteiger partial charge in [-0.25, -0.2) is 0 Å². The third-order valence-electron chi connectivity index (χ3n) is 3.79. The van der Waals surface area contributed by atoms with E-state index in [1.165, 1.54) is 6.42 Å². The maximum absolute atomic E-state index is 6.07. The maximum atomic E-state index is 6.07. The third-order valence-corrected chi connectivity index (χ3v) is 4.03. The van der Waals surface area contributed by atoms with Gasteiger partial charge in [0.15, 0.2) is 0 Å². The van der Waals surface area contributed by atoms with Crippen LogP contribution in [0.1, 0.15) is 18.9 Å². The predicted molar refractivity (Wildman–Crippen MR) is 87.2 cm³/mol. The van der Waals surface area contributed by atoms with Crippen LogP contribution in [0.2, 0.25) is 5.02 Å². The van der Waals surface area contributed by atoms with E-state index in [0.717, 1.165) is 42.5 Å². The topological polar surface area (TPSA) is 24.5 Å². The normalized spacial score (nSPS) is 21.9. The van der Waals surface area contributed by atoms with E-state index in [9.17, 15) is 0 Å². The molecule has 1 unspecified atom stereocenters. The van der Waals surface area contributed by atoms with E-state index in [1.54, 1.807) is 7.11 Å². The second kappa shape index (κ2) is 7.51. The second-order valence-corrected chi connectivity index (χ2v) is 6.30. The Balaban J connectivity index is 0.00000200. The zero-order chi connectivity index (χ0) is 13.9. The first-order valence-electron chi connectivity index (χ1n) is 6.74. The van der Waals surface area contributed by atoms with Crippen LogP contribution < -0.4 is 10.1 Å². The molecule has 0 bridgehead atoms. The van der Waals surface area contributed by atoms with Crippen molar-refractivity contribution in [3.8, 4) is 5.75 Å². The van der Waals surface area contributed by atoms with Crippen LogP contribution in [0.5, 0.6) is 5.75 Å². The molecule has 1 atom stereocenters. The van der Waals surface area contributed by atoms with E-state index in [0.29, 0.717) is 5.41 Å². The van der Waals surface area contributed by atoms with Crippen molar-refractivity contribution in [1.82, 2.24) is 10.2 Å². The van der Waals surface area contributed by atoms with Crippen molar-refractivity contribution in [3.05, 3.63) is 28.8 Å². The van der Waals surface area contributed by atoms with Crippen LogP contribution in [0.4, 0.5) is 0 Å². The van der Waals surface area contributed by atoms with Gasteiger partial charge in [0, 0.05) is 30.2 Å². The van der Waals surface area contributed by atoms with E-state index < -0.39 is 0 Å². The van der Waals surface area contributed by atoms with E-state index in [1.807, 2.05) is 18.2 Å². The summed E-state index contributed by atoms with van der Waals surface area (Å²) in [6, 6.07) is 5.79. The molecule has 0 aromatic heterocycles. The largest absolute Gasteiger partial charge is 0.496 e. The molecule has 0 amide bonds. The molecule has 1 heterocycles. The Morgan fingerprint density at radius 1 is 1.45 bits per heavy atom. The van der Waals surface area contributed by atoms with Crippen LogP contribution in [0, 0.1) is 5.41 Å². The zero-order valence-corrected chi connectivity index (χ0v) is 14.0. The lowest BCUT2D eigenvalue weighted by molar-refractivity contribution is 0.201. The van der Waals surface area contributed by atoms with Gasteiger partial charge in [0.2, 0.25) is 0 Å². The minimum atomic E-state index is 0. The van der Waals surface area contributed by atoms with Crippen molar-refractivity contribution in [2.24, 2.45) is 5.41 Å². The molecular formula is C15H24Cl2N2O. The number of nitrogens with one attached hydrogen (secondary N) is 1. The molecule has 0 saturated carbocycles. The Hall–Kier alpha value is -0.480. The first-order chi connectivity index (χ1) is 9.02. The summed E-state index contributed by atoms with van der Waals surface area (Å²) in [6.07, 6.45) is 1.24. The van der Waals surface area contributed by atoms with Gasteiger partial charge in [-0.1, -0.05) is 18.5 Å². The molecule has 1 fully saturated rings. The molecular weight excluding hydrogens is 295 g/mol. The highest BCUT2D eigenvalue weighted by Crippen LogP contribution is 2.28. The molecule has 5 heteroatoms. The predicted octanol–water partition coefficient (Wildman–Crippen LogP) is 3.20. The number of benzene rings is 1. The van der Waals surface area contributed by atoms with Crippen LogP contribution in [0.25, 0.3) is 0 Å². The van der Waals surface area contributed by atoms with Crippen molar-refractivity contribution in [3.63, 3.8) is 0 Å². The van der Waals surface area contributed by atoms with Crippen LogP contribution in [0.3, 0.4) is 0 Å². The van der Waals surface area contributed by atoms with E-state index in [2.05, 4.69) is 24.2 Å². The quantitative estimate of drug-likeness (QED) is 0.902. The zero-order valence-electron chi connectivity index (χ0n) is 12.4. The van der Waals surface area contributed by atoms with Gasteiger partial charge < -0.3 is 15.0 Å². The van der Waals surface area contributed by atoms with Crippen LogP contribution in [-0.2, 0) is 6.54 Å². The Morgan fingerprint density at radius 2 is 2.20 bits per heavy atom. The standard InChI is InChI=1S/C15H23ClN2O.ClH/c1-15(6-7-17-10-15)11-18(2)9-12-8-13(16)4-5-14(12)19-3;/h4-5,8,17H,6-7,9-11H2,1-3H3;1H. The molecule has 1 saturated heterocycles. The van der Waals surface area contributed by atoms with Gasteiger partial charge in [0.1, 0.15) is 5.75 Å². The lowest BCUT2D eigenvalue weighted by atomic mass is 9.89. The number of nitrogens with zero attached hydrogens (tertiary/aromatic N) is 1. The molecule has 114 valence electrons. The summed E-state index contributed by atoms with van der Waals surface area (Å²) >= 11 is 6.07. The molecule has 1 N–H and O–H groups in total. The highest BCUT2D eigenvalue weighted by molar-refractivity contribution is 6.30. The summed E-state index contributed by atoms with van der Waals surface area (Å²) in [6.45, 7) is 6.52. The molecule has 1 aromatic rings. The molecule has 1 aromatic carbocycles. The van der Waals surface area contributed by atoms with Crippen molar-refractivity contribution >= 4 is 24.0 Å². The Bertz CT molecular complexity index is 434. The fourth-order valence-electron chi connectivity index (χ4n) is 2.87. The van der Waals surface area contributed by atoms with Gasteiger partial charge in [-0.15, -0.1) is 12.4 Å². The highest BCUT2D eigenvalue weighted by atomic mass is 35.5. The van der Waals surface area contributed by atoms with Crippen molar-refractivity contribution in [1.29, 1.82) is 0 Å². The highest BCUT2D eigenvalue weighted by Gasteiger charge is 2.29. The number of hydrogen-bond acceptors (Lipinski definition) is 3. The molecule has 20 heavy (non-hydrogen) atoms. The van der Waals surface area contributed by atoms with Crippen molar-refractivity contribution in [2.45, 2.75) is 19.9 Å². The van der Waals surface area contributed by atoms with Gasteiger partial charge in [-0.2, -0.15) is 0 Å². The molecule has 2 rings (SSSR count). The average molecular weight is 319 g/mol. The minimum Gasteiger partial charge on any atom is -0.496 e.